The number of H-pyrrole nitrogens is 1. The predicted octanol–water partition coefficient (Wildman–Crippen LogP) is -1.14. The molecule has 2 heterocycles. The van der Waals surface area contributed by atoms with Crippen LogP contribution in [-0.2, 0) is 16.1 Å². The average molecular weight is 281 g/mol. The molecule has 1 unspecified atom stereocenters. The number of likely N-dealkylation sites (tertiary alicyclic amines) is 1. The van der Waals surface area contributed by atoms with E-state index in [1.807, 2.05) is 0 Å². The number of carboxylic acid groups (broad SMARTS) is 1. The van der Waals surface area contributed by atoms with Crippen molar-refractivity contribution in [3.63, 3.8) is 0 Å². The Labute approximate surface area is 113 Å². The minimum Gasteiger partial charge on any atom is -0.481 e. The largest absolute Gasteiger partial charge is 0.481 e. The molecule has 1 saturated heterocycles. The lowest BCUT2D eigenvalue weighted by Gasteiger charge is -2.30. The molecule has 1 aromatic heterocycles. The smallest absolute Gasteiger partial charge is 0.308 e. The second-order valence-electron chi connectivity index (χ2n) is 4.75. The van der Waals surface area contributed by atoms with E-state index in [2.05, 4.69) is 5.10 Å². The zero-order valence-electron chi connectivity index (χ0n) is 10.7. The molecule has 1 atom stereocenters. The quantitative estimate of drug-likeness (QED) is 0.727. The van der Waals surface area contributed by atoms with Crippen molar-refractivity contribution in [3.8, 4) is 0 Å². The third-order valence-electron chi connectivity index (χ3n) is 3.31. The minimum atomic E-state index is -0.923. The van der Waals surface area contributed by atoms with Gasteiger partial charge in [0.1, 0.15) is 6.54 Å². The van der Waals surface area contributed by atoms with Crippen molar-refractivity contribution in [2.24, 2.45) is 5.92 Å². The number of carbonyl (C=O) groups is 2. The number of nitrogens with one attached hydrogen (secondary N) is 1. The van der Waals surface area contributed by atoms with Crippen LogP contribution in [0.3, 0.4) is 0 Å². The molecule has 1 aromatic rings. The van der Waals surface area contributed by atoms with Crippen LogP contribution in [0.15, 0.2) is 21.7 Å². The maximum atomic E-state index is 12.1. The van der Waals surface area contributed by atoms with Crippen molar-refractivity contribution < 1.29 is 14.7 Å². The van der Waals surface area contributed by atoms with Crippen LogP contribution in [0.1, 0.15) is 12.8 Å². The van der Waals surface area contributed by atoms with E-state index in [4.69, 9.17) is 5.11 Å². The summed E-state index contributed by atoms with van der Waals surface area (Å²) in [5, 5.41) is 11.2. The summed E-state index contributed by atoms with van der Waals surface area (Å²) in [4.78, 5) is 47.0. The Balaban J connectivity index is 2.08. The Morgan fingerprint density at radius 2 is 2.10 bits per heavy atom. The SMILES string of the molecule is O=C(O)C1CCCN(C(=O)Cn2[nH]c(=O)ccc2=O)C1. The molecule has 0 bridgehead atoms. The second-order valence-corrected chi connectivity index (χ2v) is 4.75. The molecule has 0 spiro atoms. The van der Waals surface area contributed by atoms with Gasteiger partial charge in [0, 0.05) is 25.2 Å². The number of hydrogen-bond acceptors (Lipinski definition) is 4. The van der Waals surface area contributed by atoms with Gasteiger partial charge in [-0.1, -0.05) is 0 Å². The van der Waals surface area contributed by atoms with E-state index in [1.54, 1.807) is 0 Å². The van der Waals surface area contributed by atoms with Crippen molar-refractivity contribution in [1.82, 2.24) is 14.7 Å². The fourth-order valence-electron chi connectivity index (χ4n) is 2.22. The summed E-state index contributed by atoms with van der Waals surface area (Å²) in [6.45, 7) is 0.315. The second kappa shape index (κ2) is 5.72. The van der Waals surface area contributed by atoms with Crippen LogP contribution in [0.4, 0.5) is 0 Å². The molecule has 1 aliphatic rings. The van der Waals surface area contributed by atoms with Gasteiger partial charge in [0.25, 0.3) is 11.1 Å². The van der Waals surface area contributed by atoms with Crippen molar-refractivity contribution in [2.75, 3.05) is 13.1 Å². The van der Waals surface area contributed by atoms with Crippen molar-refractivity contribution in [2.45, 2.75) is 19.4 Å². The molecular weight excluding hydrogens is 266 g/mol. The molecular formula is C12H15N3O5. The Hall–Kier alpha value is -2.38. The molecule has 0 radical (unpaired) electrons. The predicted molar refractivity (Wildman–Crippen MR) is 68.3 cm³/mol. The Morgan fingerprint density at radius 3 is 2.80 bits per heavy atom. The number of nitrogens with zero attached hydrogens (tertiary/aromatic N) is 2. The Kier molecular flexibility index (Phi) is 4.02. The van der Waals surface area contributed by atoms with Gasteiger partial charge in [0.2, 0.25) is 5.91 Å². The number of carboxylic acids is 1. The maximum Gasteiger partial charge on any atom is 0.308 e. The van der Waals surface area contributed by atoms with Crippen molar-refractivity contribution in [1.29, 1.82) is 0 Å². The number of hydrogen-bond donors (Lipinski definition) is 2. The van der Waals surface area contributed by atoms with Gasteiger partial charge in [0.05, 0.1) is 5.92 Å². The van der Waals surface area contributed by atoms with E-state index in [-0.39, 0.29) is 19.0 Å². The first-order valence-electron chi connectivity index (χ1n) is 6.28. The molecule has 8 nitrogen and oxygen atoms in total. The normalized spacial score (nSPS) is 18.8. The highest BCUT2D eigenvalue weighted by Gasteiger charge is 2.28. The summed E-state index contributed by atoms with van der Waals surface area (Å²) in [6, 6.07) is 2.17. The number of rotatable bonds is 3. The van der Waals surface area contributed by atoms with Crippen LogP contribution in [-0.4, -0.2) is 44.8 Å². The lowest BCUT2D eigenvalue weighted by molar-refractivity contribution is -0.145. The zero-order chi connectivity index (χ0) is 14.7. The molecule has 2 N–H and O–H groups in total. The third-order valence-corrected chi connectivity index (χ3v) is 3.31. The fourth-order valence-corrected chi connectivity index (χ4v) is 2.22. The number of carbonyl (C=O) groups excluding carboxylic acids is 1. The molecule has 108 valence electrons. The summed E-state index contributed by atoms with van der Waals surface area (Å²) in [6.07, 6.45) is 1.16. The molecule has 1 fully saturated rings. The molecule has 1 amide bonds. The van der Waals surface area contributed by atoms with Crippen molar-refractivity contribution >= 4 is 11.9 Å². The monoisotopic (exact) mass is 281 g/mol. The summed E-state index contributed by atoms with van der Waals surface area (Å²) in [7, 11) is 0. The molecule has 2 rings (SSSR count). The standard InChI is InChI=1S/C12H15N3O5/c16-9-3-4-10(17)15(13-9)7-11(18)14-5-1-2-8(6-14)12(19)20/h3-4,8H,1-2,5-7H2,(H,13,16)(H,19,20). The van der Waals surface area contributed by atoms with E-state index >= 15 is 0 Å². The summed E-state index contributed by atoms with van der Waals surface area (Å²) in [5.41, 5.74) is -0.954. The van der Waals surface area contributed by atoms with Crippen LogP contribution in [0.5, 0.6) is 0 Å². The third kappa shape index (κ3) is 3.14. The first kappa shape index (κ1) is 14.0. The molecule has 20 heavy (non-hydrogen) atoms. The van der Waals surface area contributed by atoms with E-state index in [1.165, 1.54) is 4.90 Å². The lowest BCUT2D eigenvalue weighted by atomic mass is 9.98. The topological polar surface area (TPSA) is 112 Å². The number of aromatic amines is 1. The number of piperidine rings is 1. The van der Waals surface area contributed by atoms with Gasteiger partial charge in [-0.2, -0.15) is 0 Å². The Bertz CT molecular complexity index is 632. The molecule has 0 aliphatic carbocycles. The molecule has 0 saturated carbocycles. The maximum absolute atomic E-state index is 12.1. The van der Waals surface area contributed by atoms with Crippen LogP contribution in [0, 0.1) is 5.92 Å². The van der Waals surface area contributed by atoms with Gasteiger partial charge in [-0.3, -0.25) is 24.3 Å². The van der Waals surface area contributed by atoms with Gasteiger partial charge >= 0.3 is 5.97 Å². The van der Waals surface area contributed by atoms with Gasteiger partial charge in [-0.05, 0) is 12.8 Å². The first-order chi connectivity index (χ1) is 9.47. The number of aliphatic carboxylic acids is 1. The number of aromatic nitrogens is 2. The lowest BCUT2D eigenvalue weighted by Crippen LogP contribution is -2.45. The first-order valence-corrected chi connectivity index (χ1v) is 6.28. The highest BCUT2D eigenvalue weighted by molar-refractivity contribution is 5.77. The van der Waals surface area contributed by atoms with E-state index in [9.17, 15) is 19.2 Å². The zero-order valence-corrected chi connectivity index (χ0v) is 10.7. The van der Waals surface area contributed by atoms with Gasteiger partial charge in [-0.15, -0.1) is 0 Å². The molecule has 1 aliphatic heterocycles. The summed E-state index contributed by atoms with van der Waals surface area (Å²) < 4.78 is 0.926. The van der Waals surface area contributed by atoms with Crippen LogP contribution in [0.25, 0.3) is 0 Å². The summed E-state index contributed by atoms with van der Waals surface area (Å²) in [5.74, 6) is -1.87. The highest BCUT2D eigenvalue weighted by atomic mass is 16.4. The van der Waals surface area contributed by atoms with Crippen LogP contribution in [0.2, 0.25) is 0 Å². The van der Waals surface area contributed by atoms with E-state index in [0.717, 1.165) is 16.8 Å². The highest BCUT2D eigenvalue weighted by Crippen LogP contribution is 2.16. The van der Waals surface area contributed by atoms with E-state index in [0.29, 0.717) is 19.4 Å². The van der Waals surface area contributed by atoms with Gasteiger partial charge in [-0.25, -0.2) is 4.68 Å². The Morgan fingerprint density at radius 1 is 1.35 bits per heavy atom. The van der Waals surface area contributed by atoms with Crippen LogP contribution < -0.4 is 11.1 Å². The van der Waals surface area contributed by atoms with Crippen LogP contribution >= 0.6 is 0 Å². The summed E-state index contributed by atoms with van der Waals surface area (Å²) >= 11 is 0. The van der Waals surface area contributed by atoms with Gasteiger partial charge in [0.15, 0.2) is 0 Å². The molecule has 8 heteroatoms. The van der Waals surface area contributed by atoms with E-state index < -0.39 is 23.0 Å². The van der Waals surface area contributed by atoms with Crippen molar-refractivity contribution in [3.05, 3.63) is 32.8 Å². The average Bonchev–Trinajstić information content (AvgIpc) is 2.43. The number of amides is 1. The fraction of sp³-hybridized carbons (Fsp3) is 0.500. The van der Waals surface area contributed by atoms with Gasteiger partial charge < -0.3 is 10.0 Å². The molecule has 0 aromatic carbocycles. The minimum absolute atomic E-state index is 0.139.